The minimum Gasteiger partial charge on any atom is -0.480 e. The van der Waals surface area contributed by atoms with Gasteiger partial charge in [0.1, 0.15) is 5.54 Å². The molecule has 4 atom stereocenters. The number of carboxylic acids is 1. The van der Waals surface area contributed by atoms with Crippen LogP contribution in [0.2, 0.25) is 0 Å². The van der Waals surface area contributed by atoms with Gasteiger partial charge in [-0.15, -0.1) is 0 Å². The second-order valence-corrected chi connectivity index (χ2v) is 6.81. The molecule has 1 saturated carbocycles. The molecule has 1 aliphatic carbocycles. The summed E-state index contributed by atoms with van der Waals surface area (Å²) in [5.41, 5.74) is -0.556. The van der Waals surface area contributed by atoms with Crippen LogP contribution in [0.1, 0.15) is 65.7 Å². The van der Waals surface area contributed by atoms with E-state index < -0.39 is 11.5 Å². The highest BCUT2D eigenvalue weighted by Gasteiger charge is 2.50. The highest BCUT2D eigenvalue weighted by molar-refractivity contribution is 5.79. The molecule has 0 aromatic heterocycles. The average Bonchev–Trinajstić information content (AvgIpc) is 2.78. The van der Waals surface area contributed by atoms with Crippen LogP contribution < -0.4 is 0 Å². The molecule has 1 heterocycles. The third-order valence-corrected chi connectivity index (χ3v) is 5.61. The van der Waals surface area contributed by atoms with Crippen molar-refractivity contribution in [1.82, 2.24) is 4.90 Å². The Kier molecular flexibility index (Phi) is 4.54. The lowest BCUT2D eigenvalue weighted by molar-refractivity contribution is -0.152. The molecule has 0 spiro atoms. The van der Waals surface area contributed by atoms with Crippen LogP contribution in [-0.2, 0) is 4.79 Å². The largest absolute Gasteiger partial charge is 0.480 e. The maximum absolute atomic E-state index is 11.9. The zero-order valence-electron chi connectivity index (χ0n) is 12.7. The van der Waals surface area contributed by atoms with Crippen LogP contribution >= 0.6 is 0 Å². The Bertz CT molecular complexity index is 331. The molecule has 0 radical (unpaired) electrons. The summed E-state index contributed by atoms with van der Waals surface area (Å²) in [5.74, 6) is 0.940. The first kappa shape index (κ1) is 14.8. The number of rotatable bonds is 4. The van der Waals surface area contributed by atoms with E-state index >= 15 is 0 Å². The lowest BCUT2D eigenvalue weighted by Crippen LogP contribution is -2.55. The molecular weight excluding hydrogens is 238 g/mol. The van der Waals surface area contributed by atoms with Crippen LogP contribution in [0, 0.1) is 11.8 Å². The van der Waals surface area contributed by atoms with Gasteiger partial charge in [-0.2, -0.15) is 0 Å². The van der Waals surface area contributed by atoms with Gasteiger partial charge in [-0.25, -0.2) is 0 Å². The van der Waals surface area contributed by atoms with E-state index in [9.17, 15) is 9.90 Å². The predicted molar refractivity (Wildman–Crippen MR) is 77.2 cm³/mol. The molecule has 4 unspecified atom stereocenters. The Morgan fingerprint density at radius 1 is 1.32 bits per heavy atom. The fourth-order valence-electron chi connectivity index (χ4n) is 4.25. The van der Waals surface area contributed by atoms with E-state index in [1.807, 2.05) is 0 Å². The Balaban J connectivity index is 2.15. The average molecular weight is 267 g/mol. The van der Waals surface area contributed by atoms with Crippen LogP contribution in [0.4, 0.5) is 0 Å². The quantitative estimate of drug-likeness (QED) is 0.847. The van der Waals surface area contributed by atoms with E-state index in [0.29, 0.717) is 6.04 Å². The minimum absolute atomic E-state index is 0.497. The number of carboxylic acid groups (broad SMARTS) is 1. The maximum atomic E-state index is 11.9. The topological polar surface area (TPSA) is 40.5 Å². The third kappa shape index (κ3) is 2.67. The Labute approximate surface area is 117 Å². The van der Waals surface area contributed by atoms with Crippen LogP contribution in [0.25, 0.3) is 0 Å². The van der Waals surface area contributed by atoms with E-state index in [0.717, 1.165) is 44.1 Å². The van der Waals surface area contributed by atoms with Crippen molar-refractivity contribution in [2.24, 2.45) is 11.8 Å². The molecule has 3 heteroatoms. The van der Waals surface area contributed by atoms with Crippen molar-refractivity contribution >= 4 is 5.97 Å². The molecule has 0 aromatic carbocycles. The van der Waals surface area contributed by atoms with Gasteiger partial charge in [-0.1, -0.05) is 27.2 Å². The first-order valence-electron chi connectivity index (χ1n) is 8.01. The van der Waals surface area contributed by atoms with Crippen molar-refractivity contribution in [1.29, 1.82) is 0 Å². The van der Waals surface area contributed by atoms with E-state index in [2.05, 4.69) is 25.7 Å². The van der Waals surface area contributed by atoms with Crippen molar-refractivity contribution in [3.8, 4) is 0 Å². The maximum Gasteiger partial charge on any atom is 0.324 e. The molecule has 19 heavy (non-hydrogen) atoms. The number of hydrogen-bond donors (Lipinski definition) is 1. The predicted octanol–water partition coefficient (Wildman–Crippen LogP) is 3.53. The van der Waals surface area contributed by atoms with Crippen molar-refractivity contribution in [2.75, 3.05) is 6.54 Å². The second kappa shape index (κ2) is 5.82. The van der Waals surface area contributed by atoms with Crippen LogP contribution in [-0.4, -0.2) is 34.1 Å². The Morgan fingerprint density at radius 2 is 2.05 bits per heavy atom. The lowest BCUT2D eigenvalue weighted by atomic mass is 9.77. The van der Waals surface area contributed by atoms with E-state index in [1.54, 1.807) is 0 Å². The van der Waals surface area contributed by atoms with Gasteiger partial charge in [0, 0.05) is 6.04 Å². The van der Waals surface area contributed by atoms with E-state index in [1.165, 1.54) is 19.3 Å². The molecule has 1 saturated heterocycles. The molecule has 1 N–H and O–H groups in total. The van der Waals surface area contributed by atoms with Gasteiger partial charge in [0.05, 0.1) is 0 Å². The van der Waals surface area contributed by atoms with Gasteiger partial charge in [-0.05, 0) is 56.9 Å². The molecule has 110 valence electrons. The summed E-state index contributed by atoms with van der Waals surface area (Å²) < 4.78 is 0. The lowest BCUT2D eigenvalue weighted by Gasteiger charge is -2.44. The number of nitrogens with zero attached hydrogens (tertiary/aromatic N) is 1. The molecular formula is C16H29NO2. The number of likely N-dealkylation sites (tertiary alicyclic amines) is 1. The summed E-state index contributed by atoms with van der Waals surface area (Å²) in [6.07, 6.45) is 7.28. The summed E-state index contributed by atoms with van der Waals surface area (Å²) in [5, 5.41) is 9.77. The molecule has 1 aliphatic heterocycles. The molecule has 0 aromatic rings. The summed E-state index contributed by atoms with van der Waals surface area (Å²) in [6, 6.07) is 0.497. The number of carbonyl (C=O) groups is 1. The van der Waals surface area contributed by atoms with E-state index in [4.69, 9.17) is 0 Å². The second-order valence-electron chi connectivity index (χ2n) is 6.81. The fraction of sp³-hybridized carbons (Fsp3) is 0.938. The fourth-order valence-corrected chi connectivity index (χ4v) is 4.25. The molecule has 0 amide bonds. The highest BCUT2D eigenvalue weighted by atomic mass is 16.4. The van der Waals surface area contributed by atoms with Gasteiger partial charge in [0.25, 0.3) is 0 Å². The highest BCUT2D eigenvalue weighted by Crippen LogP contribution is 2.41. The van der Waals surface area contributed by atoms with Crippen LogP contribution in [0.3, 0.4) is 0 Å². The summed E-state index contributed by atoms with van der Waals surface area (Å²) in [4.78, 5) is 14.2. The zero-order valence-corrected chi connectivity index (χ0v) is 12.7. The normalized spacial score (nSPS) is 40.5. The van der Waals surface area contributed by atoms with Gasteiger partial charge in [0.2, 0.25) is 0 Å². The van der Waals surface area contributed by atoms with Crippen molar-refractivity contribution in [2.45, 2.75) is 77.3 Å². The first-order valence-corrected chi connectivity index (χ1v) is 8.01. The monoisotopic (exact) mass is 267 g/mol. The summed E-state index contributed by atoms with van der Waals surface area (Å²) in [7, 11) is 0. The van der Waals surface area contributed by atoms with Gasteiger partial charge in [0.15, 0.2) is 0 Å². The number of aliphatic carboxylic acids is 1. The number of hydrogen-bond acceptors (Lipinski definition) is 2. The van der Waals surface area contributed by atoms with Crippen LogP contribution in [0.5, 0.6) is 0 Å². The smallest absolute Gasteiger partial charge is 0.324 e. The van der Waals surface area contributed by atoms with Gasteiger partial charge < -0.3 is 5.11 Å². The van der Waals surface area contributed by atoms with Crippen LogP contribution in [0.15, 0.2) is 0 Å². The van der Waals surface area contributed by atoms with Gasteiger partial charge >= 0.3 is 5.97 Å². The molecule has 3 nitrogen and oxygen atoms in total. The molecule has 2 aliphatic rings. The standard InChI is InChI=1S/C16H29NO2/c1-4-8-16(15(18)19)9-5-10-17(16)14-7-6-12(2)13(3)11-14/h12-14H,4-11H2,1-3H3,(H,18,19). The summed E-state index contributed by atoms with van der Waals surface area (Å²) in [6.45, 7) is 7.75. The van der Waals surface area contributed by atoms with Crippen molar-refractivity contribution < 1.29 is 9.90 Å². The molecule has 0 bridgehead atoms. The molecule has 2 rings (SSSR count). The van der Waals surface area contributed by atoms with E-state index in [-0.39, 0.29) is 0 Å². The zero-order chi connectivity index (χ0) is 14.0. The Hall–Kier alpha value is -0.570. The van der Waals surface area contributed by atoms with Crippen molar-refractivity contribution in [3.63, 3.8) is 0 Å². The SMILES string of the molecule is CCCC1(C(=O)O)CCCN1C1CCC(C)C(C)C1. The van der Waals surface area contributed by atoms with Gasteiger partial charge in [-0.3, -0.25) is 9.69 Å². The first-order chi connectivity index (χ1) is 9.01. The Morgan fingerprint density at radius 3 is 2.63 bits per heavy atom. The minimum atomic E-state index is -0.585. The third-order valence-electron chi connectivity index (χ3n) is 5.61. The summed E-state index contributed by atoms with van der Waals surface area (Å²) >= 11 is 0. The van der Waals surface area contributed by atoms with Crippen molar-refractivity contribution in [3.05, 3.63) is 0 Å². The molecule has 2 fully saturated rings.